The quantitative estimate of drug-likeness (QED) is 0.0850. The van der Waals surface area contributed by atoms with E-state index in [1.165, 1.54) is 43.7 Å². The second-order valence-electron chi connectivity index (χ2n) is 12.7. The van der Waals surface area contributed by atoms with Crippen LogP contribution in [0.5, 0.6) is 0 Å². The maximum absolute atomic E-state index is 10.7. The van der Waals surface area contributed by atoms with Crippen molar-refractivity contribution in [1.82, 2.24) is 0 Å². The topological polar surface area (TPSA) is 0 Å². The van der Waals surface area contributed by atoms with Crippen molar-refractivity contribution in [1.29, 1.82) is 0 Å². The van der Waals surface area contributed by atoms with E-state index in [0.717, 1.165) is 0 Å². The number of hydrogen-bond donors (Lipinski definition) is 0. The molecule has 11 heteroatoms. The van der Waals surface area contributed by atoms with Crippen LogP contribution in [-0.2, 0) is 17.3 Å². The van der Waals surface area contributed by atoms with Crippen LogP contribution in [0.15, 0.2) is 182 Å². The van der Waals surface area contributed by atoms with Gasteiger partial charge in [0.25, 0.3) is 0 Å². The molecule has 0 aromatic heterocycles. The molecule has 1 fully saturated rings. The van der Waals surface area contributed by atoms with Gasteiger partial charge in [0.1, 0.15) is 0 Å². The summed E-state index contributed by atoms with van der Waals surface area (Å²) < 4.78 is 59.2. The summed E-state index contributed by atoms with van der Waals surface area (Å²) in [5, 5.41) is 8.39. The smallest absolute Gasteiger partial charge is 0.0134 e. The van der Waals surface area contributed by atoms with Crippen molar-refractivity contribution in [2.24, 2.45) is 5.92 Å². The first kappa shape index (κ1) is 48.5. The third-order valence-corrected chi connectivity index (χ3v) is 12.7. The number of halogens is 7. The minimum absolute atomic E-state index is 0.446. The first-order valence-corrected chi connectivity index (χ1v) is 24.7. The molecule has 0 spiro atoms. The molecule has 0 N–H and O–H groups in total. The molecule has 1 saturated carbocycles. The van der Waals surface area contributed by atoms with E-state index in [1.807, 2.05) is 17.3 Å². The molecule has 0 nitrogen and oxygen atoms in total. The Morgan fingerprint density at radius 2 is 0.561 bits per heavy atom. The van der Waals surface area contributed by atoms with E-state index in [1.54, 1.807) is 0 Å². The Kier molecular flexibility index (Phi) is 19.6. The fraction of sp³-hybridized carbons (Fsp3) is 0.0870. The Hall–Kier alpha value is -2.90. The van der Waals surface area contributed by atoms with Crippen LogP contribution < -0.4 is 31.8 Å². The van der Waals surface area contributed by atoms with E-state index < -0.39 is 23.7 Å². The molecule has 6 aromatic carbocycles. The monoisotopic (exact) mass is 940 g/mol. The first-order chi connectivity index (χ1) is 27.0. The second kappa shape index (κ2) is 23.0. The standard InChI is InChI=1S/2C18H15P.C10H14.ClH.F6P.Ru/c2*1-4-10-16(11-5-1)19(17-12-6-2-7-13-17)18-14-8-3-9-15-18;1-8(2)10-6-4-9(3)5-7-10;;1-7(2,3,4,5)6;/h2*1-15H;4-8H,1-3H3;1H;;/q;;;;-1;+2/p-1. The zero-order valence-electron chi connectivity index (χ0n) is 31.5. The summed E-state index contributed by atoms with van der Waals surface area (Å²) in [4.78, 5) is 0. The van der Waals surface area contributed by atoms with E-state index in [0.29, 0.717) is 5.92 Å². The summed E-state index contributed by atoms with van der Waals surface area (Å²) in [6.07, 6.45) is 8.71. The molecule has 0 unspecified atom stereocenters. The zero-order chi connectivity index (χ0) is 41.8. The predicted molar refractivity (Wildman–Crippen MR) is 234 cm³/mol. The third-order valence-electron chi connectivity index (χ3n) is 7.83. The van der Waals surface area contributed by atoms with Crippen LogP contribution in [0, 0.1) is 43.4 Å². The van der Waals surface area contributed by atoms with Gasteiger partial charge in [0.2, 0.25) is 0 Å². The van der Waals surface area contributed by atoms with Gasteiger partial charge in [-0.05, 0) is 91.1 Å². The average molecular weight is 940 g/mol. The summed E-state index contributed by atoms with van der Waals surface area (Å²) in [5.41, 5.74) is 0. The van der Waals surface area contributed by atoms with Crippen molar-refractivity contribution in [2.75, 3.05) is 0 Å². The molecule has 0 bridgehead atoms. The molecule has 57 heavy (non-hydrogen) atoms. The third kappa shape index (κ3) is 20.1. The van der Waals surface area contributed by atoms with Crippen molar-refractivity contribution in [2.45, 2.75) is 20.8 Å². The largest absolute Gasteiger partial charge is 0.0622 e. The van der Waals surface area contributed by atoms with Gasteiger partial charge in [0.05, 0.1) is 0 Å². The summed E-state index contributed by atoms with van der Waals surface area (Å²) in [6, 6.07) is 64.7. The van der Waals surface area contributed by atoms with Crippen LogP contribution in [0.1, 0.15) is 20.8 Å². The summed E-state index contributed by atoms with van der Waals surface area (Å²) in [6.45, 7) is 6.54. The van der Waals surface area contributed by atoms with Crippen LogP contribution >= 0.6 is 33.3 Å². The molecule has 6 aromatic rings. The second-order valence-corrected chi connectivity index (χ2v) is 19.1. The average Bonchev–Trinajstić information content (AvgIpc) is 3.21. The van der Waals surface area contributed by atoms with Gasteiger partial charge in [-0.2, -0.15) is 0 Å². The van der Waals surface area contributed by atoms with Crippen molar-refractivity contribution >= 4 is 65.2 Å². The molecule has 0 heterocycles. The molecule has 7 rings (SSSR count). The van der Waals surface area contributed by atoms with Crippen LogP contribution in [0.2, 0.25) is 0 Å². The van der Waals surface area contributed by atoms with Crippen LogP contribution in [0.4, 0.5) is 25.2 Å². The first-order valence-electron chi connectivity index (χ1n) is 17.7. The van der Waals surface area contributed by atoms with E-state index >= 15 is 0 Å². The van der Waals surface area contributed by atoms with Gasteiger partial charge in [-0.25, -0.2) is 0 Å². The molecule has 0 amide bonds. The fourth-order valence-corrected chi connectivity index (χ4v) is 9.92. The molecule has 0 atom stereocenters. The van der Waals surface area contributed by atoms with Gasteiger partial charge in [-0.1, -0.05) is 203 Å². The van der Waals surface area contributed by atoms with Crippen LogP contribution in [0.25, 0.3) is 0 Å². The van der Waals surface area contributed by atoms with Crippen molar-refractivity contribution in [3.05, 3.63) is 220 Å². The maximum Gasteiger partial charge on any atom is -0.0134 e. The van der Waals surface area contributed by atoms with Crippen molar-refractivity contribution in [3.8, 4) is 0 Å². The van der Waals surface area contributed by atoms with Gasteiger partial charge in [-0.3, -0.25) is 0 Å². The minimum Gasteiger partial charge on any atom is -0.0622 e. The Labute approximate surface area is 352 Å². The number of benzene rings is 6. The molecule has 0 aliphatic heterocycles. The van der Waals surface area contributed by atoms with Gasteiger partial charge in [-0.15, -0.1) is 0 Å². The van der Waals surface area contributed by atoms with Crippen LogP contribution in [0.3, 0.4) is 0 Å². The van der Waals surface area contributed by atoms with Gasteiger partial charge < -0.3 is 0 Å². The Morgan fingerprint density at radius 1 is 0.386 bits per heavy atom. The summed E-state index contributed by atoms with van der Waals surface area (Å²) in [7, 11) is -6.98. The molecule has 1 aliphatic rings. The Morgan fingerprint density at radius 3 is 0.719 bits per heavy atom. The summed E-state index contributed by atoms with van der Waals surface area (Å²) in [5.74, 6) is 3.41. The van der Waals surface area contributed by atoms with Crippen molar-refractivity contribution < 1.29 is 42.5 Å². The van der Waals surface area contributed by atoms with Crippen LogP contribution in [-0.4, -0.2) is 0 Å². The van der Waals surface area contributed by atoms with Gasteiger partial charge >= 0.3 is 60.0 Å². The maximum atomic E-state index is 9.87. The molecular weight excluding hydrogens is 896 g/mol. The van der Waals surface area contributed by atoms with E-state index in [2.05, 4.69) is 238 Å². The van der Waals surface area contributed by atoms with E-state index in [9.17, 15) is 25.2 Å². The molecule has 6 radical (unpaired) electrons. The number of hydrogen-bond acceptors (Lipinski definition) is 0. The fourth-order valence-electron chi connectivity index (χ4n) is 5.31. The number of rotatable bonds is 7. The van der Waals surface area contributed by atoms with Gasteiger partial charge in [0, 0.05) is 0 Å². The Balaban J connectivity index is 0.000000215. The predicted octanol–water partition coefficient (Wildman–Crippen LogP) is 13.6. The molecular formula is C46H44ClF6P3Ru. The van der Waals surface area contributed by atoms with Gasteiger partial charge in [0.15, 0.2) is 0 Å². The Bertz CT molecular complexity index is 1620. The molecule has 0 saturated heterocycles. The van der Waals surface area contributed by atoms with E-state index in [-0.39, 0.29) is 0 Å². The summed E-state index contributed by atoms with van der Waals surface area (Å²) >= 11 is 1.82. The molecule has 1 aliphatic carbocycles. The SMILES string of the molecule is C[C]1[CH][CH][C](C(C)C)[CH][CH]1.F[P-](F)(F)(F)(F)F.[Cl][Ru+].c1ccc(P(c2ccccc2)c2ccccc2)cc1.c1ccc(P(c2ccccc2)c2ccccc2)cc1. The zero-order valence-corrected chi connectivity index (χ0v) is 36.7. The van der Waals surface area contributed by atoms with E-state index in [4.69, 9.17) is 0 Å². The van der Waals surface area contributed by atoms with Crippen molar-refractivity contribution in [3.63, 3.8) is 0 Å². The normalized spacial score (nSPS) is 14.2. The minimum atomic E-state index is -10.7. The molecule has 300 valence electrons.